The second kappa shape index (κ2) is 6.77. The molecule has 0 saturated heterocycles. The minimum atomic E-state index is -0.336. The van der Waals surface area contributed by atoms with Gasteiger partial charge in [0.2, 0.25) is 0 Å². The Bertz CT molecular complexity index is 614. The summed E-state index contributed by atoms with van der Waals surface area (Å²) in [6, 6.07) is 12.8. The van der Waals surface area contributed by atoms with Crippen molar-refractivity contribution in [3.8, 4) is 0 Å². The van der Waals surface area contributed by atoms with Crippen LogP contribution in [-0.4, -0.2) is 13.1 Å². The van der Waals surface area contributed by atoms with Gasteiger partial charge in [-0.25, -0.2) is 4.79 Å². The summed E-state index contributed by atoms with van der Waals surface area (Å²) in [6.07, 6.45) is 0. The standard InChI is InChI=1S/C15H13BrClNO2/c1-20-15(19)10-3-6-13(7-4-10)18-9-11-2-5-12(17)8-14(11)16/h2-8,18H,9H2,1H3. The fraction of sp³-hybridized carbons (Fsp3) is 0.133. The molecule has 0 spiro atoms. The van der Waals surface area contributed by atoms with E-state index in [2.05, 4.69) is 26.0 Å². The summed E-state index contributed by atoms with van der Waals surface area (Å²) in [5.41, 5.74) is 2.57. The van der Waals surface area contributed by atoms with E-state index in [-0.39, 0.29) is 5.97 Å². The van der Waals surface area contributed by atoms with Crippen molar-refractivity contribution >= 4 is 39.2 Å². The Morgan fingerprint density at radius 3 is 2.55 bits per heavy atom. The average Bonchev–Trinajstić information content (AvgIpc) is 2.46. The summed E-state index contributed by atoms with van der Waals surface area (Å²) in [4.78, 5) is 11.3. The monoisotopic (exact) mass is 353 g/mol. The zero-order chi connectivity index (χ0) is 14.5. The van der Waals surface area contributed by atoms with Crippen molar-refractivity contribution in [2.75, 3.05) is 12.4 Å². The molecule has 0 aliphatic carbocycles. The van der Waals surface area contributed by atoms with Gasteiger partial charge in [-0.05, 0) is 42.0 Å². The Morgan fingerprint density at radius 2 is 1.95 bits per heavy atom. The number of hydrogen-bond acceptors (Lipinski definition) is 3. The summed E-state index contributed by atoms with van der Waals surface area (Å²) >= 11 is 9.38. The molecule has 2 rings (SSSR count). The second-order valence-corrected chi connectivity index (χ2v) is 5.45. The van der Waals surface area contributed by atoms with Crippen LogP contribution in [0.1, 0.15) is 15.9 Å². The van der Waals surface area contributed by atoms with Crippen LogP contribution in [0.25, 0.3) is 0 Å². The van der Waals surface area contributed by atoms with E-state index >= 15 is 0 Å². The number of anilines is 1. The predicted octanol–water partition coefficient (Wildman–Crippen LogP) is 4.50. The number of hydrogen-bond donors (Lipinski definition) is 1. The van der Waals surface area contributed by atoms with Crippen LogP contribution >= 0.6 is 27.5 Å². The van der Waals surface area contributed by atoms with Crippen molar-refractivity contribution in [3.05, 3.63) is 63.1 Å². The smallest absolute Gasteiger partial charge is 0.337 e. The number of esters is 1. The molecule has 0 heterocycles. The number of carbonyl (C=O) groups is 1. The Hall–Kier alpha value is -1.52. The molecule has 0 aliphatic rings. The van der Waals surface area contributed by atoms with Crippen LogP contribution in [0.2, 0.25) is 5.02 Å². The Labute approximate surface area is 131 Å². The van der Waals surface area contributed by atoms with Crippen LogP contribution < -0.4 is 5.32 Å². The zero-order valence-corrected chi connectivity index (χ0v) is 13.2. The molecule has 3 nitrogen and oxygen atoms in total. The molecule has 1 N–H and O–H groups in total. The van der Waals surface area contributed by atoms with Gasteiger partial charge in [0.15, 0.2) is 0 Å². The van der Waals surface area contributed by atoms with E-state index in [4.69, 9.17) is 11.6 Å². The van der Waals surface area contributed by atoms with Crippen LogP contribution in [0.3, 0.4) is 0 Å². The molecule has 0 aromatic heterocycles. The van der Waals surface area contributed by atoms with Gasteiger partial charge in [0, 0.05) is 21.7 Å². The number of methoxy groups -OCH3 is 1. The quantitative estimate of drug-likeness (QED) is 0.822. The Balaban J connectivity index is 2.02. The first-order valence-corrected chi connectivity index (χ1v) is 7.13. The second-order valence-electron chi connectivity index (χ2n) is 4.16. The third-order valence-electron chi connectivity index (χ3n) is 2.80. The number of ether oxygens (including phenoxy) is 1. The number of nitrogens with one attached hydrogen (secondary N) is 1. The van der Waals surface area contributed by atoms with Crippen molar-refractivity contribution in [1.29, 1.82) is 0 Å². The topological polar surface area (TPSA) is 38.3 Å². The first-order chi connectivity index (χ1) is 9.60. The zero-order valence-electron chi connectivity index (χ0n) is 10.8. The molecule has 0 amide bonds. The van der Waals surface area contributed by atoms with Crippen molar-refractivity contribution in [2.24, 2.45) is 0 Å². The molecule has 0 unspecified atom stereocenters. The number of benzene rings is 2. The SMILES string of the molecule is COC(=O)c1ccc(NCc2ccc(Cl)cc2Br)cc1. The summed E-state index contributed by atoms with van der Waals surface area (Å²) in [7, 11) is 1.37. The maximum atomic E-state index is 11.3. The van der Waals surface area contributed by atoms with E-state index in [0.29, 0.717) is 17.1 Å². The molecule has 5 heteroatoms. The number of rotatable bonds is 4. The van der Waals surface area contributed by atoms with Crippen LogP contribution in [-0.2, 0) is 11.3 Å². The van der Waals surface area contributed by atoms with E-state index in [1.54, 1.807) is 12.1 Å². The van der Waals surface area contributed by atoms with E-state index in [1.807, 2.05) is 30.3 Å². The van der Waals surface area contributed by atoms with Gasteiger partial charge in [0.1, 0.15) is 0 Å². The Kier molecular flexibility index (Phi) is 5.04. The molecule has 0 atom stereocenters. The highest BCUT2D eigenvalue weighted by atomic mass is 79.9. The van der Waals surface area contributed by atoms with Crippen molar-refractivity contribution in [3.63, 3.8) is 0 Å². The van der Waals surface area contributed by atoms with Crippen LogP contribution in [0.15, 0.2) is 46.9 Å². The van der Waals surface area contributed by atoms with Crippen LogP contribution in [0, 0.1) is 0 Å². The first kappa shape index (κ1) is 14.9. The normalized spacial score (nSPS) is 10.2. The molecule has 0 aliphatic heterocycles. The molecule has 20 heavy (non-hydrogen) atoms. The van der Waals surface area contributed by atoms with Crippen molar-refractivity contribution in [2.45, 2.75) is 6.54 Å². The maximum absolute atomic E-state index is 11.3. The largest absolute Gasteiger partial charge is 0.465 e. The fourth-order valence-corrected chi connectivity index (χ4v) is 2.53. The molecule has 104 valence electrons. The van der Waals surface area contributed by atoms with Gasteiger partial charge >= 0.3 is 5.97 Å². The van der Waals surface area contributed by atoms with E-state index in [1.165, 1.54) is 7.11 Å². The fourth-order valence-electron chi connectivity index (χ4n) is 1.70. The third-order valence-corrected chi connectivity index (χ3v) is 3.78. The molecule has 0 radical (unpaired) electrons. The van der Waals surface area contributed by atoms with Gasteiger partial charge in [-0.1, -0.05) is 33.6 Å². The van der Waals surface area contributed by atoms with Gasteiger partial charge in [-0.15, -0.1) is 0 Å². The molecule has 0 bridgehead atoms. The number of carbonyl (C=O) groups excluding carboxylic acids is 1. The van der Waals surface area contributed by atoms with Gasteiger partial charge in [0.25, 0.3) is 0 Å². The summed E-state index contributed by atoms with van der Waals surface area (Å²) in [5.74, 6) is -0.336. The van der Waals surface area contributed by atoms with Gasteiger partial charge in [-0.2, -0.15) is 0 Å². The molecule has 0 fully saturated rings. The highest BCUT2D eigenvalue weighted by Gasteiger charge is 2.05. The summed E-state index contributed by atoms with van der Waals surface area (Å²) < 4.78 is 5.62. The molecule has 2 aromatic rings. The van der Waals surface area contributed by atoms with Crippen molar-refractivity contribution in [1.82, 2.24) is 0 Å². The molecular weight excluding hydrogens is 342 g/mol. The van der Waals surface area contributed by atoms with E-state index < -0.39 is 0 Å². The minimum Gasteiger partial charge on any atom is -0.465 e. The van der Waals surface area contributed by atoms with Crippen LogP contribution in [0.5, 0.6) is 0 Å². The van der Waals surface area contributed by atoms with Gasteiger partial charge in [-0.3, -0.25) is 0 Å². The average molecular weight is 355 g/mol. The van der Waals surface area contributed by atoms with E-state index in [9.17, 15) is 4.79 Å². The maximum Gasteiger partial charge on any atom is 0.337 e. The van der Waals surface area contributed by atoms with Gasteiger partial charge < -0.3 is 10.1 Å². The lowest BCUT2D eigenvalue weighted by Gasteiger charge is -2.09. The molecular formula is C15H13BrClNO2. The summed E-state index contributed by atoms with van der Waals surface area (Å²) in [5, 5.41) is 3.98. The predicted molar refractivity (Wildman–Crippen MR) is 84.3 cm³/mol. The lowest BCUT2D eigenvalue weighted by Crippen LogP contribution is -2.03. The third kappa shape index (κ3) is 3.74. The van der Waals surface area contributed by atoms with Crippen molar-refractivity contribution < 1.29 is 9.53 Å². The molecule has 2 aromatic carbocycles. The van der Waals surface area contributed by atoms with E-state index in [0.717, 1.165) is 15.7 Å². The highest BCUT2D eigenvalue weighted by molar-refractivity contribution is 9.10. The molecule has 0 saturated carbocycles. The first-order valence-electron chi connectivity index (χ1n) is 5.96. The lowest BCUT2D eigenvalue weighted by molar-refractivity contribution is 0.0601. The highest BCUT2D eigenvalue weighted by Crippen LogP contribution is 2.22. The van der Waals surface area contributed by atoms with Gasteiger partial charge in [0.05, 0.1) is 12.7 Å². The Morgan fingerprint density at radius 1 is 1.25 bits per heavy atom. The minimum absolute atomic E-state index is 0.336. The van der Waals surface area contributed by atoms with Crippen LogP contribution in [0.4, 0.5) is 5.69 Å². The number of halogens is 2. The summed E-state index contributed by atoms with van der Waals surface area (Å²) in [6.45, 7) is 0.662. The lowest BCUT2D eigenvalue weighted by atomic mass is 10.2.